The van der Waals surface area contributed by atoms with Gasteiger partial charge in [-0.3, -0.25) is 0 Å². The van der Waals surface area contributed by atoms with Crippen LogP contribution in [0.25, 0.3) is 11.3 Å². The van der Waals surface area contributed by atoms with Gasteiger partial charge in [0.25, 0.3) is 0 Å². The molecule has 0 amide bonds. The highest BCUT2D eigenvalue weighted by Crippen LogP contribution is 2.56. The first kappa shape index (κ1) is 12.8. The average Bonchev–Trinajstić information content (AvgIpc) is 2.49. The number of hydrogen-bond acceptors (Lipinski definition) is 0. The minimum Gasteiger partial charge on any atom is -0.188 e. The van der Waals surface area contributed by atoms with Crippen LogP contribution in [0, 0.1) is 6.92 Å². The van der Waals surface area contributed by atoms with Gasteiger partial charge in [-0.25, -0.2) is 0 Å². The molecule has 1 aromatic heterocycles. The molecule has 2 aliphatic rings. The zero-order valence-corrected chi connectivity index (χ0v) is 13.1. The monoisotopic (exact) mass is 276 g/mol. The van der Waals surface area contributed by atoms with E-state index in [1.165, 1.54) is 22.4 Å². The third-order valence-electron chi connectivity index (χ3n) is 5.72. The highest BCUT2D eigenvalue weighted by atomic mass is 15.1. The lowest BCUT2D eigenvalue weighted by Gasteiger charge is -2.52. The fourth-order valence-corrected chi connectivity index (χ4v) is 4.57. The molecule has 0 bridgehead atoms. The minimum absolute atomic E-state index is 0.109. The predicted octanol–water partition coefficient (Wildman–Crippen LogP) is 4.29. The second kappa shape index (κ2) is 4.07. The van der Waals surface area contributed by atoms with Gasteiger partial charge in [-0.1, -0.05) is 38.1 Å². The molecule has 2 unspecified atom stereocenters. The van der Waals surface area contributed by atoms with Crippen LogP contribution in [0.2, 0.25) is 0 Å². The Hall–Kier alpha value is -1.89. The van der Waals surface area contributed by atoms with Gasteiger partial charge >= 0.3 is 0 Å². The molecule has 4 rings (SSSR count). The predicted molar refractivity (Wildman–Crippen MR) is 86.2 cm³/mol. The molecule has 0 saturated heterocycles. The van der Waals surface area contributed by atoms with Gasteiger partial charge in [0.2, 0.25) is 5.69 Å². The number of benzene rings is 1. The lowest BCUT2D eigenvalue weighted by atomic mass is 9.52. The van der Waals surface area contributed by atoms with E-state index in [2.05, 4.69) is 80.1 Å². The quantitative estimate of drug-likeness (QED) is 0.569. The molecule has 0 saturated carbocycles. The first-order valence-corrected chi connectivity index (χ1v) is 8.01. The number of allylic oxidation sites excluding steroid dienone is 2. The molecule has 106 valence electrons. The van der Waals surface area contributed by atoms with Gasteiger partial charge in [-0.15, -0.1) is 0 Å². The topological polar surface area (TPSA) is 3.88 Å². The van der Waals surface area contributed by atoms with E-state index in [1.54, 1.807) is 0 Å². The van der Waals surface area contributed by atoms with Crippen molar-refractivity contribution >= 4 is 0 Å². The Kier molecular flexibility index (Phi) is 2.48. The third kappa shape index (κ3) is 1.30. The summed E-state index contributed by atoms with van der Waals surface area (Å²) < 4.78 is 2.54. The number of fused-ring (bicyclic) bond motifs is 6. The van der Waals surface area contributed by atoms with Gasteiger partial charge in [0.15, 0.2) is 11.7 Å². The van der Waals surface area contributed by atoms with Crippen LogP contribution < -0.4 is 4.57 Å². The Morgan fingerprint density at radius 2 is 1.76 bits per heavy atom. The molecule has 2 aromatic rings. The Morgan fingerprint density at radius 3 is 2.43 bits per heavy atom. The van der Waals surface area contributed by atoms with Crippen molar-refractivity contribution in [3.05, 3.63) is 65.9 Å². The lowest BCUT2D eigenvalue weighted by molar-refractivity contribution is -0.759. The molecule has 21 heavy (non-hydrogen) atoms. The van der Waals surface area contributed by atoms with Crippen molar-refractivity contribution in [1.29, 1.82) is 0 Å². The minimum atomic E-state index is 0.109. The van der Waals surface area contributed by atoms with Gasteiger partial charge in [-0.05, 0) is 37.1 Å². The summed E-state index contributed by atoms with van der Waals surface area (Å²) in [5.74, 6) is 0. The Balaban J connectivity index is 2.14. The highest BCUT2D eigenvalue weighted by molar-refractivity contribution is 5.68. The van der Waals surface area contributed by atoms with E-state index >= 15 is 0 Å². The first-order valence-electron chi connectivity index (χ1n) is 8.01. The summed E-state index contributed by atoms with van der Waals surface area (Å²) >= 11 is 0. The van der Waals surface area contributed by atoms with Crippen molar-refractivity contribution in [2.24, 2.45) is 0 Å². The van der Waals surface area contributed by atoms with Crippen molar-refractivity contribution in [3.8, 4) is 11.3 Å². The van der Waals surface area contributed by atoms with E-state index in [9.17, 15) is 0 Å². The van der Waals surface area contributed by atoms with Crippen molar-refractivity contribution in [2.75, 3.05) is 0 Å². The van der Waals surface area contributed by atoms with Gasteiger partial charge in [0.05, 0.1) is 11.0 Å². The third-order valence-corrected chi connectivity index (χ3v) is 5.72. The maximum Gasteiger partial charge on any atom is 0.213 e. The molecule has 1 heteroatoms. The number of rotatable bonds is 2. The second-order valence-corrected chi connectivity index (χ2v) is 6.44. The van der Waals surface area contributed by atoms with Crippen molar-refractivity contribution in [2.45, 2.75) is 44.6 Å². The number of hydrogen-bond donors (Lipinski definition) is 0. The molecule has 1 aliphatic heterocycles. The SMILES string of the molecule is CCC12C=CC1(CC)[n+]1cc(C)ccc1-c1ccccc12. The summed E-state index contributed by atoms with van der Waals surface area (Å²) in [4.78, 5) is 0. The second-order valence-electron chi connectivity index (χ2n) is 6.44. The summed E-state index contributed by atoms with van der Waals surface area (Å²) in [6.07, 6.45) is 9.48. The number of aromatic nitrogens is 1. The summed E-state index contributed by atoms with van der Waals surface area (Å²) in [5.41, 5.74) is 5.84. The van der Waals surface area contributed by atoms with E-state index in [-0.39, 0.29) is 11.0 Å². The molecule has 2 atom stereocenters. The zero-order chi connectivity index (χ0) is 14.7. The van der Waals surface area contributed by atoms with Crippen LogP contribution in [0.1, 0.15) is 37.8 Å². The van der Waals surface area contributed by atoms with Crippen molar-refractivity contribution < 1.29 is 4.57 Å². The standard InChI is InChI=1S/C20H22N/c1-4-19-12-13-20(19,5-2)21-14-15(3)10-11-18(21)16-8-6-7-9-17(16)19/h6-14H,4-5H2,1-3H3/q+1. The average molecular weight is 276 g/mol. The molecule has 0 fully saturated rings. The van der Waals surface area contributed by atoms with Gasteiger partial charge in [-0.2, -0.15) is 4.57 Å². The number of aryl methyl sites for hydroxylation is 1. The van der Waals surface area contributed by atoms with Crippen LogP contribution in [0.4, 0.5) is 0 Å². The Morgan fingerprint density at radius 1 is 0.952 bits per heavy atom. The summed E-state index contributed by atoms with van der Waals surface area (Å²) in [6, 6.07) is 13.5. The molecule has 0 N–H and O–H groups in total. The molecular formula is C20H22N+. The highest BCUT2D eigenvalue weighted by Gasteiger charge is 2.64. The van der Waals surface area contributed by atoms with Gasteiger partial charge in [0.1, 0.15) is 0 Å². The van der Waals surface area contributed by atoms with E-state index in [4.69, 9.17) is 0 Å². The largest absolute Gasteiger partial charge is 0.213 e. The molecular weight excluding hydrogens is 254 g/mol. The number of nitrogens with zero attached hydrogens (tertiary/aromatic N) is 1. The lowest BCUT2D eigenvalue weighted by Crippen LogP contribution is -2.72. The zero-order valence-electron chi connectivity index (χ0n) is 13.1. The maximum atomic E-state index is 2.54. The van der Waals surface area contributed by atoms with Crippen LogP contribution in [-0.2, 0) is 11.0 Å². The van der Waals surface area contributed by atoms with Crippen LogP contribution in [0.3, 0.4) is 0 Å². The summed E-state index contributed by atoms with van der Waals surface area (Å²) in [7, 11) is 0. The fourth-order valence-electron chi connectivity index (χ4n) is 4.57. The first-order chi connectivity index (χ1) is 10.2. The molecule has 1 aliphatic carbocycles. The van der Waals surface area contributed by atoms with Crippen LogP contribution >= 0.6 is 0 Å². The smallest absolute Gasteiger partial charge is 0.188 e. The van der Waals surface area contributed by atoms with Crippen LogP contribution in [0.5, 0.6) is 0 Å². The van der Waals surface area contributed by atoms with Crippen LogP contribution in [-0.4, -0.2) is 0 Å². The summed E-state index contributed by atoms with van der Waals surface area (Å²) in [5, 5.41) is 0. The van der Waals surface area contributed by atoms with Crippen molar-refractivity contribution in [3.63, 3.8) is 0 Å². The van der Waals surface area contributed by atoms with Gasteiger partial charge in [0, 0.05) is 18.1 Å². The Bertz CT molecular complexity index is 758. The molecule has 1 nitrogen and oxygen atoms in total. The number of pyridine rings is 1. The van der Waals surface area contributed by atoms with E-state index in [0.717, 1.165) is 12.8 Å². The fraction of sp³-hybridized carbons (Fsp3) is 0.350. The van der Waals surface area contributed by atoms with Crippen LogP contribution in [0.15, 0.2) is 54.7 Å². The molecule has 1 aromatic carbocycles. The molecule has 2 heterocycles. The Labute approximate surface area is 127 Å². The van der Waals surface area contributed by atoms with E-state index in [0.29, 0.717) is 0 Å². The van der Waals surface area contributed by atoms with E-state index in [1.807, 2.05) is 0 Å². The normalized spacial score (nSPS) is 28.3. The van der Waals surface area contributed by atoms with Gasteiger partial charge < -0.3 is 0 Å². The molecule has 0 radical (unpaired) electrons. The summed E-state index contributed by atoms with van der Waals surface area (Å²) in [6.45, 7) is 6.83. The maximum absolute atomic E-state index is 2.54. The van der Waals surface area contributed by atoms with E-state index < -0.39 is 0 Å². The molecule has 0 spiro atoms. The van der Waals surface area contributed by atoms with Crippen molar-refractivity contribution in [1.82, 2.24) is 0 Å².